The van der Waals surface area contributed by atoms with Crippen molar-refractivity contribution in [3.8, 4) is 12.3 Å². The van der Waals surface area contributed by atoms with E-state index < -0.39 is 0 Å². The number of carbonyl (C=O) groups is 1. The SMILES string of the molecule is C#CCNC(=O)C(C)N(CCO)Cc1ccccc1. The van der Waals surface area contributed by atoms with Gasteiger partial charge < -0.3 is 10.4 Å². The van der Waals surface area contributed by atoms with Crippen LogP contribution >= 0.6 is 0 Å². The molecule has 0 aliphatic rings. The maximum Gasteiger partial charge on any atom is 0.237 e. The minimum Gasteiger partial charge on any atom is -0.395 e. The first-order valence-corrected chi connectivity index (χ1v) is 6.29. The van der Waals surface area contributed by atoms with Gasteiger partial charge in [0.25, 0.3) is 0 Å². The molecule has 0 fully saturated rings. The van der Waals surface area contributed by atoms with Crippen LogP contribution in [0.5, 0.6) is 0 Å². The number of amides is 1. The van der Waals surface area contributed by atoms with Crippen LogP contribution in [0.15, 0.2) is 30.3 Å². The smallest absolute Gasteiger partial charge is 0.237 e. The summed E-state index contributed by atoms with van der Waals surface area (Å²) in [4.78, 5) is 13.8. The number of nitrogens with zero attached hydrogens (tertiary/aromatic N) is 1. The molecule has 19 heavy (non-hydrogen) atoms. The average molecular weight is 260 g/mol. The topological polar surface area (TPSA) is 52.6 Å². The van der Waals surface area contributed by atoms with Gasteiger partial charge in [-0.2, -0.15) is 0 Å². The van der Waals surface area contributed by atoms with E-state index in [0.717, 1.165) is 5.56 Å². The van der Waals surface area contributed by atoms with Crippen molar-refractivity contribution >= 4 is 5.91 Å². The summed E-state index contributed by atoms with van der Waals surface area (Å²) >= 11 is 0. The molecule has 4 heteroatoms. The van der Waals surface area contributed by atoms with Gasteiger partial charge in [-0.05, 0) is 12.5 Å². The number of hydrogen-bond donors (Lipinski definition) is 2. The summed E-state index contributed by atoms with van der Waals surface area (Å²) in [6.07, 6.45) is 5.12. The molecule has 0 saturated heterocycles. The summed E-state index contributed by atoms with van der Waals surface area (Å²) in [6.45, 7) is 3.11. The predicted octanol–water partition coefficient (Wildman–Crippen LogP) is 0.619. The van der Waals surface area contributed by atoms with Gasteiger partial charge in [0.1, 0.15) is 0 Å². The second-order valence-electron chi connectivity index (χ2n) is 4.28. The number of benzene rings is 1. The van der Waals surface area contributed by atoms with Gasteiger partial charge in [0, 0.05) is 13.1 Å². The van der Waals surface area contributed by atoms with Crippen LogP contribution in [0.1, 0.15) is 12.5 Å². The first-order chi connectivity index (χ1) is 9.19. The van der Waals surface area contributed by atoms with Crippen molar-refractivity contribution in [1.82, 2.24) is 10.2 Å². The van der Waals surface area contributed by atoms with Crippen LogP contribution in [0.3, 0.4) is 0 Å². The molecule has 1 rings (SSSR count). The Morgan fingerprint density at radius 1 is 1.47 bits per heavy atom. The third-order valence-corrected chi connectivity index (χ3v) is 2.91. The second kappa shape index (κ2) is 8.30. The third-order valence-electron chi connectivity index (χ3n) is 2.91. The lowest BCUT2D eigenvalue weighted by Crippen LogP contribution is -2.45. The molecule has 0 spiro atoms. The molecule has 4 nitrogen and oxygen atoms in total. The standard InChI is InChI=1S/C15H20N2O2/c1-3-9-16-15(19)13(2)17(10-11-18)12-14-7-5-4-6-8-14/h1,4-8,13,18H,9-12H2,2H3,(H,16,19). The molecular weight excluding hydrogens is 240 g/mol. The minimum absolute atomic E-state index is 0.0135. The van der Waals surface area contributed by atoms with Crippen LogP contribution in [0.25, 0.3) is 0 Å². The predicted molar refractivity (Wildman–Crippen MR) is 75.2 cm³/mol. The third kappa shape index (κ3) is 5.12. The fourth-order valence-corrected chi connectivity index (χ4v) is 1.81. The fraction of sp³-hybridized carbons (Fsp3) is 0.400. The highest BCUT2D eigenvalue weighted by Crippen LogP contribution is 2.08. The van der Waals surface area contributed by atoms with E-state index in [1.54, 1.807) is 0 Å². The largest absolute Gasteiger partial charge is 0.395 e. The van der Waals surface area contributed by atoms with E-state index in [-0.39, 0.29) is 25.1 Å². The van der Waals surface area contributed by atoms with Crippen LogP contribution in [0.2, 0.25) is 0 Å². The maximum atomic E-state index is 11.9. The minimum atomic E-state index is -0.333. The van der Waals surface area contributed by atoms with E-state index in [2.05, 4.69) is 11.2 Å². The van der Waals surface area contributed by atoms with Gasteiger partial charge in [0.05, 0.1) is 19.2 Å². The lowest BCUT2D eigenvalue weighted by atomic mass is 10.1. The molecule has 1 aromatic carbocycles. The maximum absolute atomic E-state index is 11.9. The van der Waals surface area contributed by atoms with Gasteiger partial charge in [0.15, 0.2) is 0 Å². The summed E-state index contributed by atoms with van der Waals surface area (Å²) in [6, 6.07) is 9.52. The van der Waals surface area contributed by atoms with Crippen LogP contribution in [0.4, 0.5) is 0 Å². The zero-order chi connectivity index (χ0) is 14.1. The molecule has 0 aliphatic heterocycles. The Kier molecular flexibility index (Phi) is 6.65. The van der Waals surface area contributed by atoms with Crippen molar-refractivity contribution < 1.29 is 9.90 Å². The summed E-state index contributed by atoms with van der Waals surface area (Å²) < 4.78 is 0. The Hall–Kier alpha value is -1.83. The molecule has 0 aliphatic carbocycles. The summed E-state index contributed by atoms with van der Waals surface area (Å²) in [5.41, 5.74) is 1.10. The van der Waals surface area contributed by atoms with Gasteiger partial charge in [-0.25, -0.2) is 0 Å². The normalized spacial score (nSPS) is 11.9. The number of nitrogens with one attached hydrogen (secondary N) is 1. The highest BCUT2D eigenvalue weighted by Gasteiger charge is 2.20. The van der Waals surface area contributed by atoms with E-state index in [0.29, 0.717) is 13.1 Å². The fourth-order valence-electron chi connectivity index (χ4n) is 1.81. The lowest BCUT2D eigenvalue weighted by molar-refractivity contribution is -0.126. The molecule has 1 unspecified atom stereocenters. The Bertz CT molecular complexity index is 426. The van der Waals surface area contributed by atoms with Crippen molar-refractivity contribution in [3.05, 3.63) is 35.9 Å². The Balaban J connectivity index is 2.66. The summed E-state index contributed by atoms with van der Waals surface area (Å²) in [5, 5.41) is 11.8. The van der Waals surface area contributed by atoms with E-state index in [1.165, 1.54) is 0 Å². The van der Waals surface area contributed by atoms with Crippen molar-refractivity contribution in [2.75, 3.05) is 19.7 Å². The van der Waals surface area contributed by atoms with Crippen molar-refractivity contribution in [2.24, 2.45) is 0 Å². The highest BCUT2D eigenvalue weighted by atomic mass is 16.3. The van der Waals surface area contributed by atoms with Gasteiger partial charge in [-0.1, -0.05) is 36.3 Å². The van der Waals surface area contributed by atoms with Crippen molar-refractivity contribution in [3.63, 3.8) is 0 Å². The summed E-state index contributed by atoms with van der Waals surface area (Å²) in [5.74, 6) is 2.25. The molecular formula is C15H20N2O2. The van der Waals surface area contributed by atoms with Crippen LogP contribution < -0.4 is 5.32 Å². The van der Waals surface area contributed by atoms with E-state index in [9.17, 15) is 4.79 Å². The first-order valence-electron chi connectivity index (χ1n) is 6.29. The van der Waals surface area contributed by atoms with Gasteiger partial charge in [-0.15, -0.1) is 6.42 Å². The van der Waals surface area contributed by atoms with E-state index in [1.807, 2.05) is 42.2 Å². The number of aliphatic hydroxyl groups excluding tert-OH is 1. The Morgan fingerprint density at radius 2 is 2.16 bits per heavy atom. The van der Waals surface area contributed by atoms with Crippen molar-refractivity contribution in [2.45, 2.75) is 19.5 Å². The summed E-state index contributed by atoms with van der Waals surface area (Å²) in [7, 11) is 0. The Labute approximate surface area is 114 Å². The zero-order valence-electron chi connectivity index (χ0n) is 11.2. The number of hydrogen-bond acceptors (Lipinski definition) is 3. The Morgan fingerprint density at radius 3 is 2.74 bits per heavy atom. The molecule has 0 bridgehead atoms. The number of carbonyl (C=O) groups excluding carboxylic acids is 1. The quantitative estimate of drug-likeness (QED) is 0.707. The molecule has 0 radical (unpaired) electrons. The van der Waals surface area contributed by atoms with Gasteiger partial charge in [-0.3, -0.25) is 9.69 Å². The van der Waals surface area contributed by atoms with E-state index >= 15 is 0 Å². The zero-order valence-corrected chi connectivity index (χ0v) is 11.2. The van der Waals surface area contributed by atoms with Crippen LogP contribution in [0, 0.1) is 12.3 Å². The van der Waals surface area contributed by atoms with E-state index in [4.69, 9.17) is 11.5 Å². The molecule has 1 aromatic rings. The van der Waals surface area contributed by atoms with Crippen LogP contribution in [-0.2, 0) is 11.3 Å². The average Bonchev–Trinajstić information content (AvgIpc) is 2.44. The molecule has 1 amide bonds. The molecule has 1 atom stereocenters. The highest BCUT2D eigenvalue weighted by molar-refractivity contribution is 5.81. The van der Waals surface area contributed by atoms with Crippen LogP contribution in [-0.4, -0.2) is 41.7 Å². The lowest BCUT2D eigenvalue weighted by Gasteiger charge is -2.27. The van der Waals surface area contributed by atoms with Gasteiger partial charge >= 0.3 is 0 Å². The molecule has 0 heterocycles. The van der Waals surface area contributed by atoms with Crippen molar-refractivity contribution in [1.29, 1.82) is 0 Å². The number of terminal acetylenes is 1. The second-order valence-corrected chi connectivity index (χ2v) is 4.28. The molecule has 0 saturated carbocycles. The number of aliphatic hydroxyl groups is 1. The molecule has 2 N–H and O–H groups in total. The number of rotatable bonds is 7. The molecule has 102 valence electrons. The molecule has 0 aromatic heterocycles. The first kappa shape index (κ1) is 15.2. The monoisotopic (exact) mass is 260 g/mol. The van der Waals surface area contributed by atoms with Gasteiger partial charge in [0.2, 0.25) is 5.91 Å².